The summed E-state index contributed by atoms with van der Waals surface area (Å²) in [5.41, 5.74) is 1.14. The fraction of sp³-hybridized carbons (Fsp3) is 0.212. The highest BCUT2D eigenvalue weighted by Gasteiger charge is 2.35. The van der Waals surface area contributed by atoms with Gasteiger partial charge in [0.25, 0.3) is 11.5 Å². The number of thiazole rings is 1. The Kier molecular flexibility index (Phi) is 12.0. The van der Waals surface area contributed by atoms with E-state index in [1.54, 1.807) is 53.6 Å². The first kappa shape index (κ1) is 38.9. The van der Waals surface area contributed by atoms with E-state index >= 15 is 0 Å². The van der Waals surface area contributed by atoms with Crippen molar-refractivity contribution < 1.29 is 45.4 Å². The number of ether oxygens (including phenoxy) is 1. The Hall–Kier alpha value is -4.37. The lowest BCUT2D eigenvalue weighted by molar-refractivity contribution is -0.140. The van der Waals surface area contributed by atoms with E-state index in [0.717, 1.165) is 38.1 Å². The maximum absolute atomic E-state index is 13.8. The van der Waals surface area contributed by atoms with Crippen molar-refractivity contribution >= 4 is 94.1 Å². The number of benzene rings is 2. The van der Waals surface area contributed by atoms with Crippen LogP contribution in [0.3, 0.4) is 0 Å². The zero-order chi connectivity index (χ0) is 37.8. The van der Waals surface area contributed by atoms with Gasteiger partial charge in [-0.3, -0.25) is 23.9 Å². The molecule has 1 aromatic heterocycles. The number of hydrogen-bond donors (Lipinski definition) is 1. The second kappa shape index (κ2) is 16.1. The lowest BCUT2D eigenvalue weighted by Crippen LogP contribution is -2.36. The van der Waals surface area contributed by atoms with E-state index in [-0.39, 0.29) is 37.3 Å². The lowest BCUT2D eigenvalue weighted by atomic mass is 10.1. The summed E-state index contributed by atoms with van der Waals surface area (Å²) in [4.78, 5) is 40.9. The Morgan fingerprint density at radius 1 is 1.02 bits per heavy atom. The molecule has 1 saturated heterocycles. The van der Waals surface area contributed by atoms with E-state index < -0.39 is 61.8 Å². The molecular formula is C33H29N3O11S5-2. The molecule has 0 spiro atoms. The molecule has 14 nitrogen and oxygen atoms in total. The van der Waals surface area contributed by atoms with E-state index in [4.69, 9.17) is 17.0 Å². The summed E-state index contributed by atoms with van der Waals surface area (Å²) >= 11 is 6.80. The SMILES string of the molecule is CC(CCN1C=C(c2ccccc2)OC1=CC=C(C=c1s/c(=C2/SC(=S)N(CC(=O)O)C2=O)n(CCS(=O)(=O)[O-])c1=O)c1ccccc1)S(=O)(=O)[O-]. The van der Waals surface area contributed by atoms with Crippen LogP contribution in [-0.4, -0.2) is 85.7 Å². The topological polar surface area (TPSA) is 206 Å². The maximum Gasteiger partial charge on any atom is 0.323 e. The quantitative estimate of drug-likeness (QED) is 0.194. The molecule has 2 aromatic carbocycles. The second-order valence-corrected chi connectivity index (χ2v) is 17.3. The first-order chi connectivity index (χ1) is 24.5. The van der Waals surface area contributed by atoms with Crippen LogP contribution in [0.4, 0.5) is 0 Å². The predicted octanol–water partition coefficient (Wildman–Crippen LogP) is 1.87. The summed E-state index contributed by atoms with van der Waals surface area (Å²) in [7, 11) is -9.31. The molecule has 0 radical (unpaired) electrons. The third-order valence-corrected chi connectivity index (χ3v) is 12.3. The molecule has 2 aliphatic rings. The van der Waals surface area contributed by atoms with Crippen LogP contribution >= 0.6 is 35.3 Å². The van der Waals surface area contributed by atoms with E-state index in [0.29, 0.717) is 16.9 Å². The highest BCUT2D eigenvalue weighted by atomic mass is 32.2. The van der Waals surface area contributed by atoms with Gasteiger partial charge in [0.05, 0.1) is 36.7 Å². The molecule has 19 heteroatoms. The summed E-state index contributed by atoms with van der Waals surface area (Å²) in [6, 6.07) is 18.0. The average Bonchev–Trinajstić information content (AvgIpc) is 3.73. The summed E-state index contributed by atoms with van der Waals surface area (Å²) in [6.07, 6.45) is 6.45. The van der Waals surface area contributed by atoms with Gasteiger partial charge < -0.3 is 23.8 Å². The lowest BCUT2D eigenvalue weighted by Gasteiger charge is -2.20. The number of nitrogens with zero attached hydrogens (tertiary/aromatic N) is 3. The maximum atomic E-state index is 13.8. The predicted molar refractivity (Wildman–Crippen MR) is 198 cm³/mol. The molecule has 274 valence electrons. The van der Waals surface area contributed by atoms with Gasteiger partial charge in [-0.2, -0.15) is 0 Å². The minimum absolute atomic E-state index is 0.000328. The number of aromatic nitrogens is 1. The van der Waals surface area contributed by atoms with Crippen LogP contribution in [0.25, 0.3) is 22.3 Å². The zero-order valence-electron chi connectivity index (χ0n) is 27.1. The van der Waals surface area contributed by atoms with Crippen molar-refractivity contribution in [3.05, 3.63) is 116 Å². The molecule has 3 heterocycles. The fourth-order valence-electron chi connectivity index (χ4n) is 4.96. The van der Waals surface area contributed by atoms with E-state index in [9.17, 15) is 45.4 Å². The molecule has 1 amide bonds. The monoisotopic (exact) mass is 803 g/mol. The summed E-state index contributed by atoms with van der Waals surface area (Å²) in [5.74, 6) is -2.30. The summed E-state index contributed by atoms with van der Waals surface area (Å²) < 4.78 is 76.6. The van der Waals surface area contributed by atoms with Crippen molar-refractivity contribution in [2.45, 2.75) is 25.1 Å². The van der Waals surface area contributed by atoms with Gasteiger partial charge in [0, 0.05) is 23.9 Å². The van der Waals surface area contributed by atoms with Crippen LogP contribution < -0.4 is 14.8 Å². The van der Waals surface area contributed by atoms with Crippen LogP contribution in [0.2, 0.25) is 0 Å². The van der Waals surface area contributed by atoms with Crippen LogP contribution in [0.15, 0.2) is 89.7 Å². The first-order valence-corrected chi connectivity index (χ1v) is 20.4. The smallest absolute Gasteiger partial charge is 0.323 e. The third kappa shape index (κ3) is 9.54. The number of carboxylic acids is 1. The highest BCUT2D eigenvalue weighted by Crippen LogP contribution is 2.32. The van der Waals surface area contributed by atoms with Gasteiger partial charge in [0.1, 0.15) is 20.4 Å². The number of carbonyl (C=O) groups excluding carboxylic acids is 1. The molecule has 2 aliphatic heterocycles. The number of thioether (sulfide) groups is 1. The van der Waals surface area contributed by atoms with Crippen molar-refractivity contribution in [3.8, 4) is 0 Å². The number of allylic oxidation sites excluding steroid dienone is 3. The molecule has 3 aromatic rings. The van der Waals surface area contributed by atoms with Crippen LogP contribution in [0.5, 0.6) is 0 Å². The highest BCUT2D eigenvalue weighted by molar-refractivity contribution is 8.30. The standard InChI is InChI=1S/C33H31N3O11S5/c1-21(52(44,45)46)14-15-34-19-25(23-10-6-3-7-11-23)47-27(34)13-12-24(22-8-4-2-5-9-22)18-26-30(39)35(16-17-51(41,42)43)32(49-26)29-31(40)36(20-28(37)38)33(48)50-29/h2-13,18-19,21H,14-17,20H2,1H3,(H,37,38)(H,41,42,43)(H,44,45,46)/p-2/b24-12?,26-18?,27-13?,32-29+. The fourth-order valence-corrected chi connectivity index (χ4v) is 8.29. The largest absolute Gasteiger partial charge is 0.748 e. The number of carboxylic acid groups (broad SMARTS) is 1. The Morgan fingerprint density at radius 2 is 1.67 bits per heavy atom. The number of amides is 1. The van der Waals surface area contributed by atoms with Crippen LogP contribution in [-0.2, 0) is 41.1 Å². The van der Waals surface area contributed by atoms with Gasteiger partial charge in [0.2, 0.25) is 0 Å². The molecule has 0 bridgehead atoms. The van der Waals surface area contributed by atoms with Gasteiger partial charge in [0.15, 0.2) is 11.6 Å². The molecule has 52 heavy (non-hydrogen) atoms. The Bertz CT molecular complexity index is 2400. The van der Waals surface area contributed by atoms with Gasteiger partial charge >= 0.3 is 5.97 Å². The molecule has 0 aliphatic carbocycles. The third-order valence-electron chi connectivity index (χ3n) is 7.71. The second-order valence-electron chi connectivity index (χ2n) is 11.4. The summed E-state index contributed by atoms with van der Waals surface area (Å²) in [5, 5.41) is 8.10. The van der Waals surface area contributed by atoms with E-state index in [1.165, 1.54) is 13.0 Å². The molecule has 5 rings (SSSR count). The molecular weight excluding hydrogens is 775 g/mol. The molecule has 1 fully saturated rings. The van der Waals surface area contributed by atoms with Gasteiger partial charge in [-0.05, 0) is 42.7 Å². The Morgan fingerprint density at radius 3 is 2.29 bits per heavy atom. The van der Waals surface area contributed by atoms with Gasteiger partial charge in [-0.25, -0.2) is 16.8 Å². The average molecular weight is 804 g/mol. The van der Waals surface area contributed by atoms with Crippen LogP contribution in [0.1, 0.15) is 24.5 Å². The van der Waals surface area contributed by atoms with Crippen molar-refractivity contribution in [2.24, 2.45) is 0 Å². The number of carbonyl (C=O) groups is 2. The molecule has 0 saturated carbocycles. The number of rotatable bonds is 13. The van der Waals surface area contributed by atoms with Gasteiger partial charge in [-0.1, -0.05) is 84.6 Å². The van der Waals surface area contributed by atoms with E-state index in [2.05, 4.69) is 0 Å². The number of thiocarbonyl (C=S) groups is 1. The minimum atomic E-state index is -4.78. The van der Waals surface area contributed by atoms with Crippen molar-refractivity contribution in [2.75, 3.05) is 18.8 Å². The zero-order valence-corrected chi connectivity index (χ0v) is 31.2. The van der Waals surface area contributed by atoms with Crippen molar-refractivity contribution in [1.82, 2.24) is 14.4 Å². The van der Waals surface area contributed by atoms with Gasteiger partial charge in [-0.15, -0.1) is 11.3 Å². The number of aliphatic carboxylic acids is 1. The van der Waals surface area contributed by atoms with E-state index in [1.807, 2.05) is 30.3 Å². The minimum Gasteiger partial charge on any atom is -0.748 e. The summed E-state index contributed by atoms with van der Waals surface area (Å²) in [6.45, 7) is 0.152. The Balaban J connectivity index is 1.64. The van der Waals surface area contributed by atoms with Crippen molar-refractivity contribution in [3.63, 3.8) is 0 Å². The normalized spacial score (nSPS) is 18.3. The molecule has 1 atom stereocenters. The van der Waals surface area contributed by atoms with Crippen molar-refractivity contribution in [1.29, 1.82) is 0 Å². The number of hydrogen-bond acceptors (Lipinski definition) is 14. The molecule has 1 N–H and O–H groups in total. The van der Waals surface area contributed by atoms with Crippen LogP contribution in [0, 0.1) is 0 Å². The molecule has 1 unspecified atom stereocenters. The Labute approximate surface area is 311 Å². The first-order valence-electron chi connectivity index (χ1n) is 15.3.